The van der Waals surface area contributed by atoms with Crippen molar-refractivity contribution in [2.24, 2.45) is 0 Å². The fraction of sp³-hybridized carbons (Fsp3) is 0.938. The third-order valence-corrected chi connectivity index (χ3v) is 4.81. The van der Waals surface area contributed by atoms with Gasteiger partial charge in [0.05, 0.1) is 6.04 Å². The number of carbonyl (C=O) groups is 1. The Balaban J connectivity index is 1.98. The topological polar surface area (TPSA) is 38.8 Å². The molecular formula is C16H32N4O. The zero-order valence-corrected chi connectivity index (χ0v) is 14.0. The lowest BCUT2D eigenvalue weighted by atomic mass is 9.99. The minimum absolute atomic E-state index is 0.0561. The largest absolute Gasteiger partial charge is 0.337 e. The van der Waals surface area contributed by atoms with Crippen LogP contribution in [0, 0.1) is 0 Å². The Kier molecular flexibility index (Phi) is 6.45. The summed E-state index contributed by atoms with van der Waals surface area (Å²) in [6.45, 7) is 5.01. The van der Waals surface area contributed by atoms with Crippen LogP contribution in [-0.4, -0.2) is 86.6 Å². The molecule has 2 rings (SSSR count). The summed E-state index contributed by atoms with van der Waals surface area (Å²) in [6, 6.07) is 0.484. The first-order valence-corrected chi connectivity index (χ1v) is 8.45. The monoisotopic (exact) mass is 296 g/mol. The van der Waals surface area contributed by atoms with Gasteiger partial charge in [0.2, 0.25) is 5.91 Å². The summed E-state index contributed by atoms with van der Waals surface area (Å²) < 4.78 is 0. The molecule has 2 aliphatic rings. The predicted octanol–water partition coefficient (Wildman–Crippen LogP) is 0.613. The molecule has 0 saturated carbocycles. The van der Waals surface area contributed by atoms with Crippen LogP contribution in [0.5, 0.6) is 0 Å². The van der Waals surface area contributed by atoms with Crippen LogP contribution in [-0.2, 0) is 4.79 Å². The minimum Gasteiger partial charge on any atom is -0.337 e. The summed E-state index contributed by atoms with van der Waals surface area (Å²) in [4.78, 5) is 19.6. The Morgan fingerprint density at radius 3 is 2.43 bits per heavy atom. The van der Waals surface area contributed by atoms with Crippen LogP contribution in [0.2, 0.25) is 0 Å². The van der Waals surface area contributed by atoms with Crippen LogP contribution in [0.25, 0.3) is 0 Å². The first kappa shape index (κ1) is 16.7. The van der Waals surface area contributed by atoms with Crippen molar-refractivity contribution in [3.63, 3.8) is 0 Å². The van der Waals surface area contributed by atoms with Crippen molar-refractivity contribution >= 4 is 5.91 Å². The van der Waals surface area contributed by atoms with E-state index in [1.807, 2.05) is 0 Å². The van der Waals surface area contributed by atoms with Crippen molar-refractivity contribution < 1.29 is 4.79 Å². The van der Waals surface area contributed by atoms with E-state index in [-0.39, 0.29) is 6.04 Å². The molecular weight excluding hydrogens is 264 g/mol. The average Bonchev–Trinajstić information content (AvgIpc) is 2.49. The van der Waals surface area contributed by atoms with Gasteiger partial charge < -0.3 is 20.0 Å². The molecule has 2 aliphatic heterocycles. The Hall–Kier alpha value is -0.650. The van der Waals surface area contributed by atoms with Crippen molar-refractivity contribution in [1.29, 1.82) is 0 Å². The number of carbonyl (C=O) groups excluding carboxylic acids is 1. The first-order valence-electron chi connectivity index (χ1n) is 8.45. The lowest BCUT2D eigenvalue weighted by Crippen LogP contribution is -2.55. The Morgan fingerprint density at radius 1 is 1.14 bits per heavy atom. The number of likely N-dealkylation sites (N-methyl/N-ethyl adjacent to an activating group) is 1. The van der Waals surface area contributed by atoms with Crippen LogP contribution in [0.3, 0.4) is 0 Å². The molecule has 0 aliphatic carbocycles. The van der Waals surface area contributed by atoms with E-state index in [0.717, 1.165) is 52.0 Å². The number of rotatable bonds is 5. The molecule has 2 heterocycles. The zero-order chi connectivity index (χ0) is 15.2. The Labute approximate surface area is 129 Å². The standard InChI is InChI=1S/C16H32N4O/c1-18(2)12-13-20(14-7-10-19(3)11-8-14)16(21)15-6-4-5-9-17-15/h14-15,17H,4-13H2,1-3H3/t15-/m1/s1. The number of amides is 1. The van der Waals surface area contributed by atoms with Gasteiger partial charge in [-0.1, -0.05) is 6.42 Å². The smallest absolute Gasteiger partial charge is 0.239 e. The van der Waals surface area contributed by atoms with Crippen LogP contribution < -0.4 is 5.32 Å². The lowest BCUT2D eigenvalue weighted by Gasteiger charge is -2.40. The summed E-state index contributed by atoms with van der Waals surface area (Å²) in [7, 11) is 6.33. The van der Waals surface area contributed by atoms with Gasteiger partial charge in [-0.15, -0.1) is 0 Å². The predicted molar refractivity (Wildman–Crippen MR) is 86.4 cm³/mol. The molecule has 0 aromatic carbocycles. The number of hydrogen-bond acceptors (Lipinski definition) is 4. The van der Waals surface area contributed by atoms with Gasteiger partial charge in [-0.25, -0.2) is 0 Å². The second-order valence-electron chi connectivity index (χ2n) is 6.87. The molecule has 0 bridgehead atoms. The van der Waals surface area contributed by atoms with E-state index in [1.54, 1.807) is 0 Å². The molecule has 5 nitrogen and oxygen atoms in total. The molecule has 0 unspecified atom stereocenters. The molecule has 0 aromatic rings. The summed E-state index contributed by atoms with van der Waals surface area (Å²) in [5, 5.41) is 3.42. The highest BCUT2D eigenvalue weighted by Crippen LogP contribution is 2.19. The van der Waals surface area contributed by atoms with Gasteiger partial charge in [0.15, 0.2) is 0 Å². The molecule has 2 saturated heterocycles. The van der Waals surface area contributed by atoms with Gasteiger partial charge in [0, 0.05) is 19.1 Å². The highest BCUT2D eigenvalue weighted by atomic mass is 16.2. The maximum absolute atomic E-state index is 12.9. The molecule has 0 radical (unpaired) electrons. The van der Waals surface area contributed by atoms with Gasteiger partial charge in [0.25, 0.3) is 0 Å². The van der Waals surface area contributed by atoms with E-state index in [0.29, 0.717) is 11.9 Å². The fourth-order valence-electron chi connectivity index (χ4n) is 3.35. The quantitative estimate of drug-likeness (QED) is 0.807. The summed E-state index contributed by atoms with van der Waals surface area (Å²) >= 11 is 0. The van der Waals surface area contributed by atoms with Crippen LogP contribution in [0.4, 0.5) is 0 Å². The molecule has 1 N–H and O–H groups in total. The van der Waals surface area contributed by atoms with Gasteiger partial charge in [0.1, 0.15) is 0 Å². The van der Waals surface area contributed by atoms with Crippen molar-refractivity contribution in [3.05, 3.63) is 0 Å². The first-order chi connectivity index (χ1) is 10.1. The van der Waals surface area contributed by atoms with E-state index in [2.05, 4.69) is 41.2 Å². The number of hydrogen-bond donors (Lipinski definition) is 1. The van der Waals surface area contributed by atoms with Crippen molar-refractivity contribution in [1.82, 2.24) is 20.0 Å². The molecule has 21 heavy (non-hydrogen) atoms. The molecule has 0 spiro atoms. The highest BCUT2D eigenvalue weighted by Gasteiger charge is 2.31. The summed E-state index contributed by atoms with van der Waals surface area (Å²) in [6.07, 6.45) is 5.61. The second kappa shape index (κ2) is 8.11. The SMILES string of the molecule is CN(C)CCN(C(=O)[C@H]1CCCCN1)C1CCN(C)CC1. The van der Waals surface area contributed by atoms with Crippen LogP contribution >= 0.6 is 0 Å². The van der Waals surface area contributed by atoms with Crippen LogP contribution in [0.1, 0.15) is 32.1 Å². The molecule has 122 valence electrons. The van der Waals surface area contributed by atoms with Gasteiger partial charge in [-0.05, 0) is 66.5 Å². The summed E-state index contributed by atoms with van der Waals surface area (Å²) in [5.74, 6) is 0.339. The van der Waals surface area contributed by atoms with Gasteiger partial charge in [-0.3, -0.25) is 4.79 Å². The highest BCUT2D eigenvalue weighted by molar-refractivity contribution is 5.82. The summed E-state index contributed by atoms with van der Waals surface area (Å²) in [5.41, 5.74) is 0. The number of piperidine rings is 2. The van der Waals surface area contributed by atoms with E-state index >= 15 is 0 Å². The fourth-order valence-corrected chi connectivity index (χ4v) is 3.35. The Morgan fingerprint density at radius 2 is 1.86 bits per heavy atom. The number of nitrogens with one attached hydrogen (secondary N) is 1. The number of likely N-dealkylation sites (tertiary alicyclic amines) is 1. The molecule has 1 amide bonds. The number of nitrogens with zero attached hydrogens (tertiary/aromatic N) is 3. The van der Waals surface area contributed by atoms with Crippen molar-refractivity contribution in [2.75, 3.05) is 53.9 Å². The Bertz CT molecular complexity index is 320. The molecule has 1 atom stereocenters. The van der Waals surface area contributed by atoms with Crippen LogP contribution in [0.15, 0.2) is 0 Å². The van der Waals surface area contributed by atoms with E-state index in [1.165, 1.54) is 12.8 Å². The van der Waals surface area contributed by atoms with Gasteiger partial charge in [-0.2, -0.15) is 0 Å². The molecule has 2 fully saturated rings. The minimum atomic E-state index is 0.0561. The van der Waals surface area contributed by atoms with E-state index in [9.17, 15) is 4.79 Å². The van der Waals surface area contributed by atoms with E-state index < -0.39 is 0 Å². The average molecular weight is 296 g/mol. The third kappa shape index (κ3) is 4.94. The molecule has 5 heteroatoms. The van der Waals surface area contributed by atoms with E-state index in [4.69, 9.17) is 0 Å². The van der Waals surface area contributed by atoms with Gasteiger partial charge >= 0.3 is 0 Å². The van der Waals surface area contributed by atoms with Crippen molar-refractivity contribution in [2.45, 2.75) is 44.2 Å². The van der Waals surface area contributed by atoms with Crippen molar-refractivity contribution in [3.8, 4) is 0 Å². The maximum Gasteiger partial charge on any atom is 0.239 e. The third-order valence-electron chi connectivity index (χ3n) is 4.81. The molecule has 0 aromatic heterocycles. The normalized spacial score (nSPS) is 25.2. The second-order valence-corrected chi connectivity index (χ2v) is 6.87. The zero-order valence-electron chi connectivity index (χ0n) is 14.0. The lowest BCUT2D eigenvalue weighted by molar-refractivity contribution is -0.137. The maximum atomic E-state index is 12.9.